The van der Waals surface area contributed by atoms with Crippen molar-refractivity contribution in [3.8, 4) is 6.07 Å². The van der Waals surface area contributed by atoms with Crippen LogP contribution in [-0.4, -0.2) is 15.9 Å². The highest BCUT2D eigenvalue weighted by Crippen LogP contribution is 2.21. The Morgan fingerprint density at radius 2 is 1.62 bits per heavy atom. The number of benzene rings is 2. The van der Waals surface area contributed by atoms with E-state index < -0.39 is 17.5 Å². The lowest BCUT2D eigenvalue weighted by molar-refractivity contribution is 0.102. The number of halogens is 2. The lowest BCUT2D eigenvalue weighted by Gasteiger charge is -2.08. The third kappa shape index (κ3) is 3.79. The van der Waals surface area contributed by atoms with Gasteiger partial charge in [0.25, 0.3) is 5.91 Å². The molecule has 0 aliphatic carbocycles. The summed E-state index contributed by atoms with van der Waals surface area (Å²) in [6.07, 6.45) is 2.46. The van der Waals surface area contributed by atoms with E-state index in [1.54, 1.807) is 24.3 Å². The number of hydrogen-bond acceptors (Lipinski definition) is 5. The van der Waals surface area contributed by atoms with Crippen LogP contribution < -0.4 is 10.6 Å². The van der Waals surface area contributed by atoms with Crippen molar-refractivity contribution in [3.63, 3.8) is 0 Å². The second kappa shape index (κ2) is 7.36. The van der Waals surface area contributed by atoms with E-state index in [9.17, 15) is 13.6 Å². The summed E-state index contributed by atoms with van der Waals surface area (Å²) in [4.78, 5) is 19.9. The van der Waals surface area contributed by atoms with Crippen molar-refractivity contribution in [2.75, 3.05) is 10.6 Å². The van der Waals surface area contributed by atoms with E-state index in [2.05, 4.69) is 20.6 Å². The predicted molar refractivity (Wildman–Crippen MR) is 90.8 cm³/mol. The molecule has 8 heteroatoms. The molecule has 2 N–H and O–H groups in total. The van der Waals surface area contributed by atoms with E-state index in [0.29, 0.717) is 11.3 Å². The summed E-state index contributed by atoms with van der Waals surface area (Å²) in [6.45, 7) is 0. The Bertz CT molecular complexity index is 962. The highest BCUT2D eigenvalue weighted by Gasteiger charge is 2.11. The van der Waals surface area contributed by atoms with Gasteiger partial charge >= 0.3 is 0 Å². The number of aromatic nitrogens is 2. The van der Waals surface area contributed by atoms with E-state index in [-0.39, 0.29) is 17.2 Å². The van der Waals surface area contributed by atoms with Crippen LogP contribution in [0.5, 0.6) is 0 Å². The first kappa shape index (κ1) is 17.0. The number of anilines is 3. The molecule has 0 fully saturated rings. The van der Waals surface area contributed by atoms with Gasteiger partial charge in [0.05, 0.1) is 17.2 Å². The number of carbonyl (C=O) groups is 1. The zero-order valence-corrected chi connectivity index (χ0v) is 13.2. The van der Waals surface area contributed by atoms with Gasteiger partial charge < -0.3 is 10.6 Å². The maximum Gasteiger partial charge on any atom is 0.258 e. The molecule has 0 aliphatic rings. The minimum Gasteiger partial charge on any atom is -0.322 e. The van der Waals surface area contributed by atoms with Crippen LogP contribution in [0.15, 0.2) is 54.9 Å². The molecule has 1 amide bonds. The van der Waals surface area contributed by atoms with Crippen molar-refractivity contribution in [2.45, 2.75) is 0 Å². The first-order valence-corrected chi connectivity index (χ1v) is 7.41. The van der Waals surface area contributed by atoms with Crippen molar-refractivity contribution >= 4 is 23.2 Å². The minimum absolute atomic E-state index is 0.0519. The van der Waals surface area contributed by atoms with Crippen LogP contribution in [0.4, 0.5) is 26.1 Å². The first-order valence-electron chi connectivity index (χ1n) is 7.41. The minimum atomic E-state index is -0.781. The second-order valence-electron chi connectivity index (χ2n) is 5.16. The zero-order chi connectivity index (χ0) is 18.5. The van der Waals surface area contributed by atoms with Crippen LogP contribution in [0.25, 0.3) is 0 Å². The molecule has 3 rings (SSSR count). The Hall–Kier alpha value is -3.86. The van der Waals surface area contributed by atoms with Gasteiger partial charge in [-0.3, -0.25) is 4.79 Å². The summed E-state index contributed by atoms with van der Waals surface area (Å²) < 4.78 is 27.2. The van der Waals surface area contributed by atoms with Crippen LogP contribution in [0.1, 0.15) is 15.9 Å². The molecule has 128 valence electrons. The maximum absolute atomic E-state index is 13.6. The maximum atomic E-state index is 13.6. The predicted octanol–water partition coefficient (Wildman–Crippen LogP) is 3.62. The molecule has 0 spiro atoms. The Morgan fingerprint density at radius 1 is 1.00 bits per heavy atom. The molecule has 1 aromatic heterocycles. The van der Waals surface area contributed by atoms with Crippen LogP contribution in [0.3, 0.4) is 0 Å². The molecule has 0 bridgehead atoms. The molecule has 6 nitrogen and oxygen atoms in total. The number of nitriles is 1. The molecule has 0 atom stereocenters. The van der Waals surface area contributed by atoms with Gasteiger partial charge in [0, 0.05) is 18.1 Å². The number of rotatable bonds is 4. The first-order chi connectivity index (χ1) is 12.6. The standard InChI is InChI=1S/C18H11F2N5O/c19-14-2-1-3-15(20)16(14)25-18-22-9-12(10-23-18)17(26)24-13-6-4-11(8-21)5-7-13/h1-7,9-10H,(H,24,26)(H,22,23,25). The molecule has 1 heterocycles. The molecule has 0 aliphatic heterocycles. The average molecular weight is 351 g/mol. The Morgan fingerprint density at radius 3 is 2.19 bits per heavy atom. The number of carbonyl (C=O) groups excluding carboxylic acids is 1. The van der Waals surface area contributed by atoms with Crippen molar-refractivity contribution < 1.29 is 13.6 Å². The molecule has 0 saturated heterocycles. The molecule has 3 aromatic rings. The third-order valence-electron chi connectivity index (χ3n) is 3.39. The van der Waals surface area contributed by atoms with Crippen LogP contribution in [-0.2, 0) is 0 Å². The normalized spacial score (nSPS) is 10.0. The third-order valence-corrected chi connectivity index (χ3v) is 3.39. The van der Waals surface area contributed by atoms with Gasteiger partial charge in [-0.2, -0.15) is 5.26 Å². The van der Waals surface area contributed by atoms with E-state index in [4.69, 9.17) is 5.26 Å². The number of nitrogens with one attached hydrogen (secondary N) is 2. The van der Waals surface area contributed by atoms with Crippen LogP contribution in [0, 0.1) is 23.0 Å². The van der Waals surface area contributed by atoms with Gasteiger partial charge in [-0.1, -0.05) is 6.07 Å². The van der Waals surface area contributed by atoms with E-state index in [1.165, 1.54) is 18.5 Å². The fourth-order valence-corrected chi connectivity index (χ4v) is 2.07. The summed E-state index contributed by atoms with van der Waals surface area (Å²) in [5, 5.41) is 13.8. The summed E-state index contributed by atoms with van der Waals surface area (Å²) in [5.41, 5.74) is 0.767. The molecule has 0 unspecified atom stereocenters. The number of para-hydroxylation sites is 1. The van der Waals surface area contributed by atoms with Crippen molar-refractivity contribution in [3.05, 3.63) is 77.6 Å². The molecule has 2 aromatic carbocycles. The second-order valence-corrected chi connectivity index (χ2v) is 5.16. The fraction of sp³-hybridized carbons (Fsp3) is 0. The van der Waals surface area contributed by atoms with E-state index >= 15 is 0 Å². The Labute approximate surface area is 147 Å². The molecule has 0 saturated carbocycles. The van der Waals surface area contributed by atoms with Crippen LogP contribution in [0.2, 0.25) is 0 Å². The van der Waals surface area contributed by atoms with Crippen LogP contribution >= 0.6 is 0 Å². The van der Waals surface area contributed by atoms with Gasteiger partial charge in [-0.25, -0.2) is 18.7 Å². The summed E-state index contributed by atoms with van der Waals surface area (Å²) in [7, 11) is 0. The molecular weight excluding hydrogens is 340 g/mol. The van der Waals surface area contributed by atoms with Crippen molar-refractivity contribution in [1.82, 2.24) is 9.97 Å². The Balaban J connectivity index is 1.70. The summed E-state index contributed by atoms with van der Waals surface area (Å²) in [6, 6.07) is 11.8. The van der Waals surface area contributed by atoms with Gasteiger partial charge in [0.1, 0.15) is 17.3 Å². The lowest BCUT2D eigenvalue weighted by Crippen LogP contribution is -2.13. The van der Waals surface area contributed by atoms with E-state index in [1.807, 2.05) is 6.07 Å². The van der Waals surface area contributed by atoms with Gasteiger partial charge in [-0.05, 0) is 36.4 Å². The summed E-state index contributed by atoms with van der Waals surface area (Å²) in [5.74, 6) is -2.07. The van der Waals surface area contributed by atoms with Gasteiger partial charge in [0.2, 0.25) is 5.95 Å². The van der Waals surface area contributed by atoms with Gasteiger partial charge in [0.15, 0.2) is 0 Å². The molecular formula is C18H11F2N5O. The zero-order valence-electron chi connectivity index (χ0n) is 13.2. The summed E-state index contributed by atoms with van der Waals surface area (Å²) >= 11 is 0. The fourth-order valence-electron chi connectivity index (χ4n) is 2.07. The number of amides is 1. The highest BCUT2D eigenvalue weighted by atomic mass is 19.1. The largest absolute Gasteiger partial charge is 0.322 e. The topological polar surface area (TPSA) is 90.7 Å². The quantitative estimate of drug-likeness (QED) is 0.749. The average Bonchev–Trinajstić information content (AvgIpc) is 2.66. The molecule has 26 heavy (non-hydrogen) atoms. The SMILES string of the molecule is N#Cc1ccc(NC(=O)c2cnc(Nc3c(F)cccc3F)nc2)cc1. The molecule has 0 radical (unpaired) electrons. The Kier molecular flexibility index (Phi) is 4.80. The van der Waals surface area contributed by atoms with Gasteiger partial charge in [-0.15, -0.1) is 0 Å². The monoisotopic (exact) mass is 351 g/mol. The lowest BCUT2D eigenvalue weighted by atomic mass is 10.2. The smallest absolute Gasteiger partial charge is 0.258 e. The van der Waals surface area contributed by atoms with Crippen molar-refractivity contribution in [1.29, 1.82) is 5.26 Å². The van der Waals surface area contributed by atoms with Crippen molar-refractivity contribution in [2.24, 2.45) is 0 Å². The van der Waals surface area contributed by atoms with E-state index in [0.717, 1.165) is 12.1 Å². The number of hydrogen-bond donors (Lipinski definition) is 2. The number of nitrogens with zero attached hydrogens (tertiary/aromatic N) is 3. The highest BCUT2D eigenvalue weighted by molar-refractivity contribution is 6.03.